The first kappa shape index (κ1) is 13.3. The Kier molecular flexibility index (Phi) is 3.33. The molecule has 0 unspecified atom stereocenters. The smallest absolute Gasteiger partial charge is 0.203 e. The van der Waals surface area contributed by atoms with Gasteiger partial charge in [0.1, 0.15) is 5.82 Å². The largest absolute Gasteiger partial charge is 0.360 e. The van der Waals surface area contributed by atoms with Crippen LogP contribution in [0.5, 0.6) is 0 Å². The van der Waals surface area contributed by atoms with Gasteiger partial charge < -0.3 is 11.1 Å². The number of nitrogens with one attached hydrogen (secondary N) is 1. The lowest BCUT2D eigenvalue weighted by Crippen LogP contribution is -2.48. The predicted molar refractivity (Wildman–Crippen MR) is 78.6 cm³/mol. The van der Waals surface area contributed by atoms with E-state index in [-0.39, 0.29) is 5.54 Å². The molecular weight excluding hydrogens is 252 g/mol. The number of nitrogens with zero attached hydrogens (tertiary/aromatic N) is 4. The number of fused-ring (bicyclic) bond motifs is 1. The summed E-state index contributed by atoms with van der Waals surface area (Å²) in [5, 5.41) is 11.9. The number of rotatable bonds is 3. The summed E-state index contributed by atoms with van der Waals surface area (Å²) in [6.07, 6.45) is 8.24. The van der Waals surface area contributed by atoms with Gasteiger partial charge in [0.2, 0.25) is 5.65 Å². The molecule has 3 N–H and O–H groups in total. The molecule has 6 heteroatoms. The zero-order valence-corrected chi connectivity index (χ0v) is 12.1. The van der Waals surface area contributed by atoms with E-state index in [9.17, 15) is 0 Å². The molecule has 6 nitrogen and oxygen atoms in total. The Hall–Kier alpha value is -1.69. The Morgan fingerprint density at radius 3 is 2.85 bits per heavy atom. The third-order valence-corrected chi connectivity index (χ3v) is 4.50. The Labute approximate surface area is 118 Å². The molecule has 20 heavy (non-hydrogen) atoms. The highest BCUT2D eigenvalue weighted by Gasteiger charge is 2.33. The van der Waals surface area contributed by atoms with E-state index < -0.39 is 0 Å². The molecule has 1 saturated carbocycles. The minimum atomic E-state index is -0.0544. The molecule has 1 fully saturated rings. The van der Waals surface area contributed by atoms with Gasteiger partial charge in [0.05, 0.1) is 5.54 Å². The van der Waals surface area contributed by atoms with Crippen molar-refractivity contribution in [3.63, 3.8) is 0 Å². The van der Waals surface area contributed by atoms with Crippen molar-refractivity contribution >= 4 is 11.5 Å². The molecule has 0 radical (unpaired) electrons. The normalized spacial score (nSPS) is 26.9. The molecule has 0 atom stereocenters. The van der Waals surface area contributed by atoms with Crippen LogP contribution in [0.4, 0.5) is 5.82 Å². The molecule has 2 aromatic heterocycles. The monoisotopic (exact) mass is 274 g/mol. The third kappa shape index (κ3) is 2.24. The fourth-order valence-corrected chi connectivity index (χ4v) is 2.98. The van der Waals surface area contributed by atoms with Gasteiger partial charge >= 0.3 is 0 Å². The maximum Gasteiger partial charge on any atom is 0.203 e. The minimum absolute atomic E-state index is 0.0544. The molecule has 108 valence electrons. The number of aromatic nitrogens is 4. The summed E-state index contributed by atoms with van der Waals surface area (Å²) in [5.41, 5.74) is 6.77. The minimum Gasteiger partial charge on any atom is -0.360 e. The number of anilines is 1. The van der Waals surface area contributed by atoms with Gasteiger partial charge in [-0.15, -0.1) is 10.2 Å². The first-order chi connectivity index (χ1) is 9.63. The van der Waals surface area contributed by atoms with E-state index in [4.69, 9.17) is 5.73 Å². The third-order valence-electron chi connectivity index (χ3n) is 4.50. The topological polar surface area (TPSA) is 81.1 Å². The number of aryl methyl sites for hydroxylation is 1. The van der Waals surface area contributed by atoms with Crippen LogP contribution in [0, 0.1) is 12.8 Å². The number of nitrogens with two attached hydrogens (primary N) is 1. The van der Waals surface area contributed by atoms with Gasteiger partial charge in [-0.05, 0) is 38.5 Å². The average molecular weight is 274 g/mol. The van der Waals surface area contributed by atoms with Gasteiger partial charge in [0, 0.05) is 18.9 Å². The summed E-state index contributed by atoms with van der Waals surface area (Å²) in [7, 11) is 0. The van der Waals surface area contributed by atoms with E-state index >= 15 is 0 Å². The summed E-state index contributed by atoms with van der Waals surface area (Å²) in [5.74, 6) is 2.44. The molecule has 0 aliphatic heterocycles. The second kappa shape index (κ2) is 5.01. The van der Waals surface area contributed by atoms with E-state index in [0.29, 0.717) is 6.54 Å². The van der Waals surface area contributed by atoms with Crippen molar-refractivity contribution in [3.05, 3.63) is 18.2 Å². The fourth-order valence-electron chi connectivity index (χ4n) is 2.98. The van der Waals surface area contributed by atoms with Gasteiger partial charge in [-0.1, -0.05) is 6.92 Å². The quantitative estimate of drug-likeness (QED) is 0.891. The molecule has 2 heterocycles. The molecule has 2 aromatic rings. The lowest BCUT2D eigenvalue weighted by Gasteiger charge is -2.39. The lowest BCUT2D eigenvalue weighted by atomic mass is 9.77. The van der Waals surface area contributed by atoms with Crippen LogP contribution in [0.3, 0.4) is 0 Å². The second-order valence-corrected chi connectivity index (χ2v) is 6.01. The molecule has 0 saturated heterocycles. The number of hydrogen-bond donors (Lipinski definition) is 2. The molecule has 0 amide bonds. The van der Waals surface area contributed by atoms with E-state index in [1.807, 2.05) is 17.5 Å². The molecular formula is C14H22N6. The van der Waals surface area contributed by atoms with Gasteiger partial charge in [-0.25, -0.2) is 4.98 Å². The second-order valence-electron chi connectivity index (χ2n) is 6.01. The van der Waals surface area contributed by atoms with Gasteiger partial charge in [0.25, 0.3) is 0 Å². The summed E-state index contributed by atoms with van der Waals surface area (Å²) in [6.45, 7) is 4.86. The summed E-state index contributed by atoms with van der Waals surface area (Å²) >= 11 is 0. The summed E-state index contributed by atoms with van der Waals surface area (Å²) in [6, 6.07) is 0. The van der Waals surface area contributed by atoms with E-state index in [1.54, 1.807) is 6.20 Å². The van der Waals surface area contributed by atoms with Gasteiger partial charge in [-0.3, -0.25) is 4.40 Å². The first-order valence-electron chi connectivity index (χ1n) is 7.28. The zero-order chi connectivity index (χ0) is 14.2. The summed E-state index contributed by atoms with van der Waals surface area (Å²) in [4.78, 5) is 4.44. The predicted octanol–water partition coefficient (Wildman–Crippen LogP) is 1.75. The molecule has 0 aromatic carbocycles. The van der Waals surface area contributed by atoms with Gasteiger partial charge in [0.15, 0.2) is 5.82 Å². The van der Waals surface area contributed by atoms with Crippen LogP contribution in [0.1, 0.15) is 38.4 Å². The van der Waals surface area contributed by atoms with Crippen molar-refractivity contribution < 1.29 is 0 Å². The Morgan fingerprint density at radius 1 is 1.40 bits per heavy atom. The molecule has 3 rings (SSSR count). The maximum absolute atomic E-state index is 6.05. The van der Waals surface area contributed by atoms with Crippen LogP contribution >= 0.6 is 0 Å². The first-order valence-corrected chi connectivity index (χ1v) is 7.28. The van der Waals surface area contributed by atoms with Crippen molar-refractivity contribution in [1.82, 2.24) is 19.6 Å². The molecule has 0 spiro atoms. The molecule has 0 bridgehead atoms. The average Bonchev–Trinajstić information content (AvgIpc) is 2.85. The Morgan fingerprint density at radius 2 is 2.15 bits per heavy atom. The van der Waals surface area contributed by atoms with Crippen LogP contribution in [-0.2, 0) is 0 Å². The van der Waals surface area contributed by atoms with Crippen LogP contribution in [0.15, 0.2) is 12.4 Å². The highest BCUT2D eigenvalue weighted by molar-refractivity contribution is 5.63. The standard InChI is InChI=1S/C14H22N6/c1-10-3-5-14(9-15,6-4-10)17-12-13-19-18-11(2)20(13)8-7-16-12/h7-8,10H,3-6,9,15H2,1-2H3,(H,16,17). The fraction of sp³-hybridized carbons (Fsp3) is 0.643. The van der Waals surface area contributed by atoms with E-state index in [1.165, 1.54) is 12.8 Å². The van der Waals surface area contributed by atoms with Crippen molar-refractivity contribution in [2.45, 2.75) is 45.1 Å². The highest BCUT2D eigenvalue weighted by Crippen LogP contribution is 2.34. The van der Waals surface area contributed by atoms with Crippen molar-refractivity contribution in [1.29, 1.82) is 0 Å². The molecule has 1 aliphatic rings. The Balaban J connectivity index is 1.91. The number of hydrogen-bond acceptors (Lipinski definition) is 5. The Bertz CT molecular complexity index is 597. The lowest BCUT2D eigenvalue weighted by molar-refractivity contribution is 0.271. The van der Waals surface area contributed by atoms with Crippen molar-refractivity contribution in [2.24, 2.45) is 11.7 Å². The van der Waals surface area contributed by atoms with Crippen LogP contribution in [-0.4, -0.2) is 31.7 Å². The van der Waals surface area contributed by atoms with Gasteiger partial charge in [-0.2, -0.15) is 0 Å². The summed E-state index contributed by atoms with van der Waals surface area (Å²) < 4.78 is 1.95. The van der Waals surface area contributed by atoms with Crippen LogP contribution < -0.4 is 11.1 Å². The van der Waals surface area contributed by atoms with E-state index in [0.717, 1.165) is 36.0 Å². The van der Waals surface area contributed by atoms with Crippen molar-refractivity contribution in [3.8, 4) is 0 Å². The molecule has 1 aliphatic carbocycles. The van der Waals surface area contributed by atoms with Crippen molar-refractivity contribution in [2.75, 3.05) is 11.9 Å². The zero-order valence-electron chi connectivity index (χ0n) is 12.1. The maximum atomic E-state index is 6.05. The van der Waals surface area contributed by atoms with Crippen LogP contribution in [0.25, 0.3) is 5.65 Å². The van der Waals surface area contributed by atoms with E-state index in [2.05, 4.69) is 27.4 Å². The van der Waals surface area contributed by atoms with Crippen LogP contribution in [0.2, 0.25) is 0 Å². The highest BCUT2D eigenvalue weighted by atomic mass is 15.3. The SMILES string of the molecule is Cc1nnc2c(NC3(CN)CCC(C)CC3)nccn12.